The smallest absolute Gasteiger partial charge is 0.0870 e. The lowest BCUT2D eigenvalue weighted by atomic mass is 10.1. The van der Waals surface area contributed by atoms with E-state index in [0.717, 1.165) is 13.1 Å². The summed E-state index contributed by atoms with van der Waals surface area (Å²) in [6.45, 7) is 8.53. The van der Waals surface area contributed by atoms with Crippen molar-refractivity contribution in [2.24, 2.45) is 5.73 Å². The summed E-state index contributed by atoms with van der Waals surface area (Å²) >= 11 is 4.95. The second kappa shape index (κ2) is 9.10. The monoisotopic (exact) mass is 230 g/mol. The number of unbranched alkanes of at least 4 members (excludes halogenated alkanes) is 4. The van der Waals surface area contributed by atoms with Gasteiger partial charge in [-0.15, -0.1) is 0 Å². The third kappa shape index (κ3) is 8.82. The highest BCUT2D eigenvalue weighted by atomic mass is 32.1. The van der Waals surface area contributed by atoms with Crippen molar-refractivity contribution in [3.8, 4) is 0 Å². The quantitative estimate of drug-likeness (QED) is 0.488. The van der Waals surface area contributed by atoms with Gasteiger partial charge in [0.05, 0.1) is 4.99 Å². The highest BCUT2D eigenvalue weighted by Gasteiger charge is 2.09. The van der Waals surface area contributed by atoms with Crippen molar-refractivity contribution < 1.29 is 0 Å². The average Bonchev–Trinajstić information content (AvgIpc) is 2.15. The maximum Gasteiger partial charge on any atom is 0.0870 e. The molecule has 0 atom stereocenters. The molecule has 0 unspecified atom stereocenters. The Morgan fingerprint density at radius 3 is 2.27 bits per heavy atom. The number of thiocarbonyl (C=S) groups is 1. The van der Waals surface area contributed by atoms with Crippen LogP contribution in [0.3, 0.4) is 0 Å². The van der Waals surface area contributed by atoms with E-state index in [4.69, 9.17) is 18.0 Å². The first-order valence-electron chi connectivity index (χ1n) is 6.10. The molecular weight excluding hydrogens is 204 g/mol. The summed E-state index contributed by atoms with van der Waals surface area (Å²) in [5.41, 5.74) is 5.57. The van der Waals surface area contributed by atoms with Gasteiger partial charge in [0, 0.05) is 12.6 Å². The van der Waals surface area contributed by atoms with E-state index in [1.165, 1.54) is 32.1 Å². The number of nitrogens with zero attached hydrogens (tertiary/aromatic N) is 1. The zero-order chi connectivity index (χ0) is 11.7. The molecule has 0 amide bonds. The van der Waals surface area contributed by atoms with Crippen molar-refractivity contribution in [2.75, 3.05) is 13.1 Å². The fourth-order valence-electron chi connectivity index (χ4n) is 1.64. The van der Waals surface area contributed by atoms with Crippen molar-refractivity contribution in [1.29, 1.82) is 0 Å². The largest absolute Gasteiger partial charge is 0.392 e. The third-order valence-corrected chi connectivity index (χ3v) is 2.77. The second-order valence-corrected chi connectivity index (χ2v) is 4.97. The first-order valence-corrected chi connectivity index (χ1v) is 6.51. The Hall–Kier alpha value is -0.150. The predicted molar refractivity (Wildman–Crippen MR) is 72.3 cm³/mol. The molecule has 0 saturated carbocycles. The average molecular weight is 230 g/mol. The maximum atomic E-state index is 5.57. The Labute approximate surface area is 100 Å². The molecule has 0 aliphatic heterocycles. The molecule has 3 heteroatoms. The van der Waals surface area contributed by atoms with Crippen LogP contribution in [0.2, 0.25) is 0 Å². The SMILES string of the molecule is CCCCCCCN(CC(N)=S)C(C)C. The van der Waals surface area contributed by atoms with Gasteiger partial charge in [0.15, 0.2) is 0 Å². The van der Waals surface area contributed by atoms with Crippen LogP contribution in [0.15, 0.2) is 0 Å². The molecule has 0 heterocycles. The minimum absolute atomic E-state index is 0.540. The molecule has 0 aromatic carbocycles. The first-order chi connectivity index (χ1) is 7.07. The molecule has 90 valence electrons. The van der Waals surface area contributed by atoms with Crippen LogP contribution in [0.1, 0.15) is 52.9 Å². The lowest BCUT2D eigenvalue weighted by Gasteiger charge is -2.25. The zero-order valence-corrected chi connectivity index (χ0v) is 11.3. The molecule has 0 fully saturated rings. The second-order valence-electron chi connectivity index (χ2n) is 4.44. The number of hydrogen-bond donors (Lipinski definition) is 1. The summed E-state index contributed by atoms with van der Waals surface area (Å²) in [6, 6.07) is 0.540. The van der Waals surface area contributed by atoms with Gasteiger partial charge in [0.1, 0.15) is 0 Å². The van der Waals surface area contributed by atoms with E-state index in [1.807, 2.05) is 0 Å². The van der Waals surface area contributed by atoms with Gasteiger partial charge in [0.25, 0.3) is 0 Å². The van der Waals surface area contributed by atoms with Gasteiger partial charge >= 0.3 is 0 Å². The van der Waals surface area contributed by atoms with Crippen LogP contribution in [0.5, 0.6) is 0 Å². The molecule has 0 radical (unpaired) electrons. The summed E-state index contributed by atoms with van der Waals surface area (Å²) < 4.78 is 0. The molecule has 0 aliphatic carbocycles. The van der Waals surface area contributed by atoms with Crippen LogP contribution in [0, 0.1) is 0 Å². The molecule has 0 rings (SSSR count). The van der Waals surface area contributed by atoms with Gasteiger partial charge in [-0.2, -0.15) is 0 Å². The number of rotatable bonds is 9. The first kappa shape index (κ1) is 14.8. The van der Waals surface area contributed by atoms with Crippen LogP contribution in [0.25, 0.3) is 0 Å². The van der Waals surface area contributed by atoms with E-state index in [-0.39, 0.29) is 0 Å². The summed E-state index contributed by atoms with van der Waals surface area (Å²) in [4.78, 5) is 2.96. The topological polar surface area (TPSA) is 29.3 Å². The number of hydrogen-bond acceptors (Lipinski definition) is 2. The normalized spacial score (nSPS) is 11.3. The lowest BCUT2D eigenvalue weighted by Crippen LogP contribution is -2.38. The van der Waals surface area contributed by atoms with Gasteiger partial charge in [-0.25, -0.2) is 0 Å². The maximum absolute atomic E-state index is 5.57. The van der Waals surface area contributed by atoms with Gasteiger partial charge in [0.2, 0.25) is 0 Å². The van der Waals surface area contributed by atoms with E-state index in [1.54, 1.807) is 0 Å². The Morgan fingerprint density at radius 2 is 1.80 bits per heavy atom. The summed E-state index contributed by atoms with van der Waals surface area (Å²) in [5.74, 6) is 0. The summed E-state index contributed by atoms with van der Waals surface area (Å²) in [7, 11) is 0. The van der Waals surface area contributed by atoms with E-state index < -0.39 is 0 Å². The third-order valence-electron chi connectivity index (χ3n) is 2.64. The minimum Gasteiger partial charge on any atom is -0.392 e. The van der Waals surface area contributed by atoms with Crippen LogP contribution >= 0.6 is 12.2 Å². The molecule has 0 bridgehead atoms. The highest BCUT2D eigenvalue weighted by Crippen LogP contribution is 2.06. The fourth-order valence-corrected chi connectivity index (χ4v) is 1.80. The van der Waals surface area contributed by atoms with Crippen molar-refractivity contribution in [1.82, 2.24) is 4.90 Å². The van der Waals surface area contributed by atoms with E-state index in [2.05, 4.69) is 25.7 Å². The standard InChI is InChI=1S/C12H26N2S/c1-4-5-6-7-8-9-14(11(2)3)10-12(13)15/h11H,4-10H2,1-3H3,(H2,13,15). The molecule has 0 saturated heterocycles. The molecule has 2 N–H and O–H groups in total. The highest BCUT2D eigenvalue weighted by molar-refractivity contribution is 7.80. The summed E-state index contributed by atoms with van der Waals surface area (Å²) in [6.07, 6.45) is 6.61. The number of nitrogens with two attached hydrogens (primary N) is 1. The van der Waals surface area contributed by atoms with Gasteiger partial charge in [-0.3, -0.25) is 4.90 Å². The van der Waals surface area contributed by atoms with Crippen molar-refractivity contribution in [3.63, 3.8) is 0 Å². The van der Waals surface area contributed by atoms with E-state index in [0.29, 0.717) is 11.0 Å². The van der Waals surface area contributed by atoms with E-state index in [9.17, 15) is 0 Å². The predicted octanol–water partition coefficient (Wildman–Crippen LogP) is 2.95. The fraction of sp³-hybridized carbons (Fsp3) is 0.917. The molecule has 0 aliphatic rings. The summed E-state index contributed by atoms with van der Waals surface area (Å²) in [5, 5.41) is 0. The molecule has 0 aromatic rings. The Balaban J connectivity index is 3.62. The van der Waals surface area contributed by atoms with Crippen LogP contribution < -0.4 is 5.73 Å². The van der Waals surface area contributed by atoms with Crippen molar-refractivity contribution in [2.45, 2.75) is 58.9 Å². The van der Waals surface area contributed by atoms with E-state index >= 15 is 0 Å². The van der Waals surface area contributed by atoms with Gasteiger partial charge in [-0.05, 0) is 26.8 Å². The molecule has 2 nitrogen and oxygen atoms in total. The van der Waals surface area contributed by atoms with Crippen LogP contribution in [0.4, 0.5) is 0 Å². The zero-order valence-electron chi connectivity index (χ0n) is 10.5. The van der Waals surface area contributed by atoms with Crippen LogP contribution in [-0.4, -0.2) is 29.0 Å². The van der Waals surface area contributed by atoms with Gasteiger partial charge < -0.3 is 5.73 Å². The Kier molecular flexibility index (Phi) is 9.01. The Bertz CT molecular complexity index is 169. The van der Waals surface area contributed by atoms with Crippen molar-refractivity contribution in [3.05, 3.63) is 0 Å². The minimum atomic E-state index is 0.540. The van der Waals surface area contributed by atoms with Gasteiger partial charge in [-0.1, -0.05) is 44.8 Å². The molecular formula is C12H26N2S. The lowest BCUT2D eigenvalue weighted by molar-refractivity contribution is 0.248. The molecule has 15 heavy (non-hydrogen) atoms. The molecule has 0 aromatic heterocycles. The van der Waals surface area contributed by atoms with Crippen LogP contribution in [-0.2, 0) is 0 Å². The van der Waals surface area contributed by atoms with Crippen molar-refractivity contribution >= 4 is 17.2 Å². The molecule has 0 spiro atoms. The Morgan fingerprint density at radius 1 is 1.20 bits per heavy atom.